The molecule has 0 atom stereocenters. The Morgan fingerprint density at radius 2 is 2.20 bits per heavy atom. The highest BCUT2D eigenvalue weighted by atomic mass is 32.2. The fourth-order valence-electron chi connectivity index (χ4n) is 0.219. The summed E-state index contributed by atoms with van der Waals surface area (Å²) in [6, 6.07) is 0. The molecule has 0 spiro atoms. The molecule has 0 aliphatic carbocycles. The molecule has 0 aliphatic rings. The number of carbonyl (C=O) groups excluding carboxylic acids is 1. The van der Waals surface area contributed by atoms with Gasteiger partial charge in [0.2, 0.25) is 0 Å². The van der Waals surface area contributed by atoms with Crippen LogP contribution in [0.4, 0.5) is 0 Å². The molecule has 0 saturated heterocycles. The number of rotatable bonds is 4. The molecule has 10 heavy (non-hydrogen) atoms. The van der Waals surface area contributed by atoms with Gasteiger partial charge in [0.25, 0.3) is 0 Å². The van der Waals surface area contributed by atoms with E-state index >= 15 is 0 Å². The van der Waals surface area contributed by atoms with E-state index in [0.717, 1.165) is 0 Å². The van der Waals surface area contributed by atoms with Gasteiger partial charge in [0.15, 0.2) is 5.78 Å². The Kier molecular flexibility index (Phi) is 3.48. The first-order chi connectivity index (χ1) is 4.48. The van der Waals surface area contributed by atoms with Crippen LogP contribution in [0.15, 0.2) is 0 Å². The van der Waals surface area contributed by atoms with Crippen molar-refractivity contribution in [1.82, 2.24) is 4.72 Å². The summed E-state index contributed by atoms with van der Waals surface area (Å²) in [7, 11) is -2.48. The Labute approximate surface area is 61.1 Å². The molecule has 0 bridgehead atoms. The minimum absolute atomic E-state index is 0. The highest BCUT2D eigenvalue weighted by molar-refractivity contribution is 7.84. The highest BCUT2D eigenvalue weighted by Gasteiger charge is 2.06. The zero-order valence-electron chi connectivity index (χ0n) is 5.75. The number of ketones is 1. The minimum Gasteiger partial charge on any atom is -0.297 e. The summed E-state index contributed by atoms with van der Waals surface area (Å²) in [6.45, 7) is 0.828. The maximum atomic E-state index is 10.4. The van der Waals surface area contributed by atoms with Crippen LogP contribution in [0.5, 0.6) is 0 Å². The molecule has 0 amide bonds. The molecule has 0 saturated carbocycles. The first-order valence-corrected chi connectivity index (χ1v) is 3.96. The van der Waals surface area contributed by atoms with Crippen molar-refractivity contribution in [2.45, 2.75) is 6.92 Å². The van der Waals surface area contributed by atoms with E-state index < -0.39 is 16.9 Å². The second-order valence-corrected chi connectivity index (χ2v) is 3.17. The second kappa shape index (κ2) is 3.65. The predicted molar refractivity (Wildman–Crippen MR) is 36.7 cm³/mol. The van der Waals surface area contributed by atoms with Gasteiger partial charge in [-0.15, -0.1) is 0 Å². The van der Waals surface area contributed by atoms with Crippen molar-refractivity contribution >= 4 is 16.1 Å². The van der Waals surface area contributed by atoms with E-state index in [9.17, 15) is 13.2 Å². The number of Topliss-reactive ketones (excluding diaryl/α,β-unsaturated/α-hetero) is 1. The molecule has 0 heterocycles. The summed E-state index contributed by atoms with van der Waals surface area (Å²) in [6.07, 6.45) is 0. The lowest BCUT2D eigenvalue weighted by molar-refractivity contribution is -0.118. The molecule has 0 fully saturated rings. The molecule has 0 aromatic rings. The van der Waals surface area contributed by atoms with Crippen LogP contribution in [0.2, 0.25) is 0 Å². The Hall–Kier alpha value is -0.460. The van der Waals surface area contributed by atoms with Crippen LogP contribution in [-0.4, -0.2) is 27.9 Å². The van der Waals surface area contributed by atoms with Crippen LogP contribution in [0.3, 0.4) is 0 Å². The maximum absolute atomic E-state index is 10.4. The molecule has 5 nitrogen and oxygen atoms in total. The van der Waals surface area contributed by atoms with Crippen LogP contribution in [-0.2, 0) is 19.3 Å². The Morgan fingerprint density at radius 3 is 2.50 bits per heavy atom. The van der Waals surface area contributed by atoms with Crippen molar-refractivity contribution in [3.8, 4) is 0 Å². The van der Waals surface area contributed by atoms with Crippen molar-refractivity contribution in [2.75, 3.05) is 13.7 Å². The minimum atomic E-state index is -3.69. The standard InChI is InChI=1S/C4H9NO4S.H2/c1-4(6)3-9-10(7,8)5-2;/h5H,3H2,1-2H3;1H. The van der Waals surface area contributed by atoms with Crippen LogP contribution < -0.4 is 4.72 Å². The second-order valence-electron chi connectivity index (χ2n) is 1.62. The molecular weight excluding hydrogens is 158 g/mol. The van der Waals surface area contributed by atoms with Crippen molar-refractivity contribution in [3.05, 3.63) is 0 Å². The summed E-state index contributed by atoms with van der Waals surface area (Å²) in [4.78, 5) is 10.2. The van der Waals surface area contributed by atoms with Crippen molar-refractivity contribution < 1.29 is 18.8 Å². The van der Waals surface area contributed by atoms with Crippen molar-refractivity contribution in [1.29, 1.82) is 0 Å². The van der Waals surface area contributed by atoms with Gasteiger partial charge in [-0.2, -0.15) is 13.1 Å². The van der Waals surface area contributed by atoms with Gasteiger partial charge < -0.3 is 0 Å². The zero-order chi connectivity index (χ0) is 8.20. The third-order valence-corrected chi connectivity index (χ3v) is 1.60. The fourth-order valence-corrected chi connectivity index (χ4v) is 0.658. The van der Waals surface area contributed by atoms with Crippen LogP contribution in [0.1, 0.15) is 8.35 Å². The maximum Gasteiger partial charge on any atom is 0.336 e. The lowest BCUT2D eigenvalue weighted by Gasteiger charge is -1.99. The molecule has 6 heteroatoms. The highest BCUT2D eigenvalue weighted by Crippen LogP contribution is 1.84. The summed E-state index contributed by atoms with van der Waals surface area (Å²) in [5, 5.41) is 0. The van der Waals surface area contributed by atoms with Crippen molar-refractivity contribution in [3.63, 3.8) is 0 Å². The quantitative estimate of drug-likeness (QED) is 0.604. The molecule has 0 unspecified atom stereocenters. The lowest BCUT2D eigenvalue weighted by Crippen LogP contribution is -2.23. The average molecular weight is 169 g/mol. The van der Waals surface area contributed by atoms with Gasteiger partial charge in [0, 0.05) is 8.47 Å². The summed E-state index contributed by atoms with van der Waals surface area (Å²) < 4.78 is 26.9. The fraction of sp³-hybridized carbons (Fsp3) is 0.750. The van der Waals surface area contributed by atoms with E-state index in [4.69, 9.17) is 0 Å². The van der Waals surface area contributed by atoms with Gasteiger partial charge in [-0.05, 0) is 6.92 Å². The monoisotopic (exact) mass is 169 g/mol. The van der Waals surface area contributed by atoms with E-state index in [-0.39, 0.29) is 7.21 Å². The van der Waals surface area contributed by atoms with Crippen LogP contribution in [0, 0.1) is 0 Å². The summed E-state index contributed by atoms with van der Waals surface area (Å²) >= 11 is 0. The molecule has 1 N–H and O–H groups in total. The largest absolute Gasteiger partial charge is 0.336 e. The number of hydrogen-bond donors (Lipinski definition) is 1. The normalized spacial score (nSPS) is 11.4. The Morgan fingerprint density at radius 1 is 1.70 bits per heavy atom. The van der Waals surface area contributed by atoms with E-state index in [1.807, 2.05) is 4.72 Å². The third-order valence-electron chi connectivity index (χ3n) is 0.667. The molecule has 0 aromatic carbocycles. The molecule has 0 aromatic heterocycles. The number of nitrogens with one attached hydrogen (secondary N) is 1. The van der Waals surface area contributed by atoms with E-state index in [1.54, 1.807) is 0 Å². The number of carbonyl (C=O) groups is 1. The predicted octanol–water partition coefficient (Wildman–Crippen LogP) is -0.698. The molecule has 62 valence electrons. The first-order valence-electron chi connectivity index (χ1n) is 2.55. The molecular formula is C4H11NO4S. The third kappa shape index (κ3) is 4.42. The SMILES string of the molecule is CNS(=O)(=O)OCC(C)=O.[HH]. The molecule has 0 rings (SSSR count). The average Bonchev–Trinajstić information content (AvgIpc) is 1.85. The Bertz CT molecular complexity index is 212. The van der Waals surface area contributed by atoms with E-state index in [2.05, 4.69) is 4.18 Å². The number of hydrogen-bond acceptors (Lipinski definition) is 4. The smallest absolute Gasteiger partial charge is 0.297 e. The van der Waals surface area contributed by atoms with Gasteiger partial charge >= 0.3 is 10.3 Å². The van der Waals surface area contributed by atoms with Gasteiger partial charge in [-0.25, -0.2) is 0 Å². The van der Waals surface area contributed by atoms with Crippen molar-refractivity contribution in [2.24, 2.45) is 0 Å². The van der Waals surface area contributed by atoms with Gasteiger partial charge in [-0.1, -0.05) is 0 Å². The van der Waals surface area contributed by atoms with Gasteiger partial charge in [0.05, 0.1) is 0 Å². The van der Waals surface area contributed by atoms with E-state index in [1.165, 1.54) is 14.0 Å². The van der Waals surface area contributed by atoms with Gasteiger partial charge in [-0.3, -0.25) is 8.98 Å². The summed E-state index contributed by atoms with van der Waals surface area (Å²) in [5.74, 6) is -0.334. The summed E-state index contributed by atoms with van der Waals surface area (Å²) in [5.41, 5.74) is 0. The Balaban J connectivity index is 0. The molecule has 0 aliphatic heterocycles. The first kappa shape index (κ1) is 9.54. The topological polar surface area (TPSA) is 72.5 Å². The van der Waals surface area contributed by atoms with Crippen LogP contribution >= 0.6 is 0 Å². The zero-order valence-corrected chi connectivity index (χ0v) is 6.56. The lowest BCUT2D eigenvalue weighted by atomic mass is 10.5. The van der Waals surface area contributed by atoms with E-state index in [0.29, 0.717) is 0 Å². The van der Waals surface area contributed by atoms with Gasteiger partial charge in [0.1, 0.15) is 6.61 Å². The van der Waals surface area contributed by atoms with Crippen LogP contribution in [0.25, 0.3) is 0 Å². The molecule has 0 radical (unpaired) electrons.